The minimum atomic E-state index is -0.502. The van der Waals surface area contributed by atoms with Crippen LogP contribution in [0.1, 0.15) is 27.7 Å². The van der Waals surface area contributed by atoms with Crippen LogP contribution in [-0.4, -0.2) is 56.1 Å². The number of hydrogen-bond donors (Lipinski definition) is 0. The van der Waals surface area contributed by atoms with Gasteiger partial charge >= 0.3 is 0 Å². The Kier molecular flexibility index (Phi) is 4.38. The molecule has 108 valence electrons. The molecule has 2 atom stereocenters. The average Bonchev–Trinajstić information content (AvgIpc) is 2.81. The SMILES string of the molecule is CC1(C)OC[C@@H](CN=C=NC[C@@H]2COC(C)(C)O2)O1. The van der Waals surface area contributed by atoms with Crippen LogP contribution in [0.2, 0.25) is 0 Å². The van der Waals surface area contributed by atoms with Gasteiger partial charge in [-0.05, 0) is 27.7 Å². The third-order valence-electron chi connectivity index (χ3n) is 2.87. The van der Waals surface area contributed by atoms with E-state index in [9.17, 15) is 0 Å². The van der Waals surface area contributed by atoms with Crippen LogP contribution < -0.4 is 0 Å². The second-order valence-electron chi connectivity index (χ2n) is 5.68. The fourth-order valence-electron chi connectivity index (χ4n) is 2.04. The van der Waals surface area contributed by atoms with Crippen LogP contribution in [0.4, 0.5) is 0 Å². The van der Waals surface area contributed by atoms with Crippen molar-refractivity contribution >= 4 is 6.01 Å². The fourth-order valence-corrected chi connectivity index (χ4v) is 2.04. The fraction of sp³-hybridized carbons (Fsp3) is 0.923. The molecule has 2 aliphatic rings. The van der Waals surface area contributed by atoms with Crippen LogP contribution in [0.25, 0.3) is 0 Å². The lowest BCUT2D eigenvalue weighted by Crippen LogP contribution is -2.22. The Hall–Kier alpha value is -0.780. The van der Waals surface area contributed by atoms with Crippen molar-refractivity contribution in [3.63, 3.8) is 0 Å². The third-order valence-corrected chi connectivity index (χ3v) is 2.87. The lowest BCUT2D eigenvalue weighted by molar-refractivity contribution is -0.137. The van der Waals surface area contributed by atoms with Crippen molar-refractivity contribution in [3.8, 4) is 0 Å². The van der Waals surface area contributed by atoms with Gasteiger partial charge in [0.05, 0.1) is 32.3 Å². The first-order chi connectivity index (χ1) is 8.86. The number of ether oxygens (including phenoxy) is 4. The molecule has 6 heteroatoms. The van der Waals surface area contributed by atoms with Gasteiger partial charge in [-0.2, -0.15) is 0 Å². The predicted octanol–water partition coefficient (Wildman–Crippen LogP) is 1.46. The largest absolute Gasteiger partial charge is 0.348 e. The summed E-state index contributed by atoms with van der Waals surface area (Å²) in [6.07, 6.45) is -0.0228. The van der Waals surface area contributed by atoms with Crippen molar-refractivity contribution in [3.05, 3.63) is 0 Å². The summed E-state index contributed by atoms with van der Waals surface area (Å²) in [6, 6.07) is 2.67. The molecule has 6 nitrogen and oxygen atoms in total. The summed E-state index contributed by atoms with van der Waals surface area (Å²) in [7, 11) is 0. The van der Waals surface area contributed by atoms with E-state index >= 15 is 0 Å². The van der Waals surface area contributed by atoms with Crippen LogP contribution in [-0.2, 0) is 18.9 Å². The van der Waals surface area contributed by atoms with Gasteiger partial charge in [-0.15, -0.1) is 0 Å². The number of nitrogens with zero attached hydrogens (tertiary/aromatic N) is 2. The van der Waals surface area contributed by atoms with Crippen molar-refractivity contribution in [2.24, 2.45) is 9.98 Å². The van der Waals surface area contributed by atoms with Gasteiger partial charge in [0, 0.05) is 0 Å². The average molecular weight is 270 g/mol. The Morgan fingerprint density at radius 2 is 1.32 bits per heavy atom. The van der Waals surface area contributed by atoms with Gasteiger partial charge in [0.25, 0.3) is 0 Å². The quantitative estimate of drug-likeness (QED) is 0.726. The van der Waals surface area contributed by atoms with Gasteiger partial charge < -0.3 is 18.9 Å². The van der Waals surface area contributed by atoms with E-state index in [0.29, 0.717) is 26.3 Å². The van der Waals surface area contributed by atoms with Crippen LogP contribution in [0.3, 0.4) is 0 Å². The molecule has 0 unspecified atom stereocenters. The van der Waals surface area contributed by atoms with Gasteiger partial charge in [0.2, 0.25) is 0 Å². The Balaban J connectivity index is 1.67. The van der Waals surface area contributed by atoms with Crippen molar-refractivity contribution < 1.29 is 18.9 Å². The number of aliphatic imine (C=N–C) groups is 2. The third kappa shape index (κ3) is 4.67. The Morgan fingerprint density at radius 1 is 0.895 bits per heavy atom. The summed E-state index contributed by atoms with van der Waals surface area (Å²) >= 11 is 0. The van der Waals surface area contributed by atoms with Crippen LogP contribution in [0.15, 0.2) is 9.98 Å². The van der Waals surface area contributed by atoms with Gasteiger partial charge in [0.15, 0.2) is 11.6 Å². The number of hydrogen-bond acceptors (Lipinski definition) is 6. The van der Waals surface area contributed by atoms with E-state index in [1.54, 1.807) is 0 Å². The first-order valence-electron chi connectivity index (χ1n) is 6.58. The lowest BCUT2D eigenvalue weighted by Gasteiger charge is -2.16. The molecule has 2 fully saturated rings. The maximum atomic E-state index is 5.61. The highest BCUT2D eigenvalue weighted by Gasteiger charge is 2.33. The van der Waals surface area contributed by atoms with Crippen molar-refractivity contribution in [1.29, 1.82) is 0 Å². The van der Waals surface area contributed by atoms with E-state index < -0.39 is 11.6 Å². The first-order valence-corrected chi connectivity index (χ1v) is 6.58. The molecular weight excluding hydrogens is 248 g/mol. The molecule has 0 aromatic carbocycles. The molecule has 2 aliphatic heterocycles. The summed E-state index contributed by atoms with van der Waals surface area (Å²) in [4.78, 5) is 8.20. The smallest absolute Gasteiger partial charge is 0.163 e. The Bertz CT molecular complexity index is 343. The van der Waals surface area contributed by atoms with Gasteiger partial charge in [0.1, 0.15) is 12.2 Å². The molecule has 2 rings (SSSR count). The normalized spacial score (nSPS) is 32.0. The van der Waals surface area contributed by atoms with Gasteiger partial charge in [-0.25, -0.2) is 9.98 Å². The minimum absolute atomic E-state index is 0.0114. The monoisotopic (exact) mass is 270 g/mol. The van der Waals surface area contributed by atoms with Gasteiger partial charge in [-0.3, -0.25) is 0 Å². The second-order valence-corrected chi connectivity index (χ2v) is 5.68. The Labute approximate surface area is 113 Å². The van der Waals surface area contributed by atoms with E-state index in [-0.39, 0.29) is 12.2 Å². The Morgan fingerprint density at radius 3 is 1.63 bits per heavy atom. The van der Waals surface area contributed by atoms with Crippen LogP contribution in [0, 0.1) is 0 Å². The summed E-state index contributed by atoms with van der Waals surface area (Å²) in [6.45, 7) is 9.72. The predicted molar refractivity (Wildman–Crippen MR) is 69.4 cm³/mol. The molecule has 0 radical (unpaired) electrons. The highest BCUT2D eigenvalue weighted by Crippen LogP contribution is 2.22. The topological polar surface area (TPSA) is 61.6 Å². The molecule has 0 N–H and O–H groups in total. The molecule has 2 saturated heterocycles. The highest BCUT2D eigenvalue weighted by atomic mass is 16.7. The summed E-state index contributed by atoms with van der Waals surface area (Å²) in [5.74, 6) is -1.00. The summed E-state index contributed by atoms with van der Waals surface area (Å²) in [5, 5.41) is 0. The maximum absolute atomic E-state index is 5.61. The summed E-state index contributed by atoms with van der Waals surface area (Å²) < 4.78 is 22.1. The highest BCUT2D eigenvalue weighted by molar-refractivity contribution is 5.41. The molecule has 0 aromatic heterocycles. The zero-order valence-electron chi connectivity index (χ0n) is 12.0. The molecule has 0 aliphatic carbocycles. The van der Waals surface area contributed by atoms with E-state index in [1.165, 1.54) is 0 Å². The maximum Gasteiger partial charge on any atom is 0.163 e. The summed E-state index contributed by atoms with van der Waals surface area (Å²) in [5.41, 5.74) is 0. The molecule has 0 aromatic rings. The molecule has 0 amide bonds. The van der Waals surface area contributed by atoms with Crippen molar-refractivity contribution in [2.75, 3.05) is 26.3 Å². The molecule has 0 bridgehead atoms. The van der Waals surface area contributed by atoms with E-state index in [1.807, 2.05) is 27.7 Å². The van der Waals surface area contributed by atoms with E-state index in [2.05, 4.69) is 16.0 Å². The van der Waals surface area contributed by atoms with Crippen LogP contribution >= 0.6 is 0 Å². The lowest BCUT2D eigenvalue weighted by atomic mass is 10.4. The van der Waals surface area contributed by atoms with Crippen LogP contribution in [0.5, 0.6) is 0 Å². The second kappa shape index (κ2) is 5.69. The zero-order valence-corrected chi connectivity index (χ0v) is 12.0. The molecular formula is C13H22N2O4. The molecule has 19 heavy (non-hydrogen) atoms. The molecule has 2 heterocycles. The molecule has 0 spiro atoms. The van der Waals surface area contributed by atoms with Crippen molar-refractivity contribution in [1.82, 2.24) is 0 Å². The van der Waals surface area contributed by atoms with Gasteiger partial charge in [-0.1, -0.05) is 0 Å². The van der Waals surface area contributed by atoms with E-state index in [4.69, 9.17) is 18.9 Å². The zero-order chi connectivity index (χ0) is 13.9. The molecule has 0 saturated carbocycles. The number of rotatable bonds is 4. The minimum Gasteiger partial charge on any atom is -0.348 e. The van der Waals surface area contributed by atoms with Crippen molar-refractivity contribution in [2.45, 2.75) is 51.5 Å². The standard InChI is InChI=1S/C13H22N2O4/c1-12(2)16-7-10(18-12)5-14-9-15-6-11-8-17-13(3,4)19-11/h10-11H,5-8H2,1-4H3/t10-,11-/m1/s1. The first kappa shape index (κ1) is 14.6. The van der Waals surface area contributed by atoms with E-state index in [0.717, 1.165) is 0 Å².